The monoisotopic (exact) mass is 308 g/mol. The predicted molar refractivity (Wildman–Crippen MR) is 81.2 cm³/mol. The number of hydrogen-bond donors (Lipinski definition) is 2. The number of carbonyl (C=O) groups is 2. The van der Waals surface area contributed by atoms with Crippen molar-refractivity contribution in [3.05, 3.63) is 18.2 Å². The van der Waals surface area contributed by atoms with E-state index in [-0.39, 0.29) is 25.7 Å². The molecule has 1 aromatic carbocycles. The molecular weight excluding hydrogens is 288 g/mol. The molecule has 7 heteroatoms. The molecule has 2 rings (SSSR count). The van der Waals surface area contributed by atoms with E-state index in [1.807, 2.05) is 0 Å². The minimum atomic E-state index is -0.597. The summed E-state index contributed by atoms with van der Waals surface area (Å²) in [6.45, 7) is 5.27. The van der Waals surface area contributed by atoms with Crippen LogP contribution in [0, 0.1) is 0 Å². The van der Waals surface area contributed by atoms with Crippen LogP contribution in [0.3, 0.4) is 0 Å². The molecule has 2 amide bonds. The number of rotatable bonds is 3. The highest BCUT2D eigenvalue weighted by Gasteiger charge is 2.25. The molecule has 1 aliphatic heterocycles. The van der Waals surface area contributed by atoms with Gasteiger partial charge in [0.05, 0.1) is 12.3 Å². The van der Waals surface area contributed by atoms with E-state index in [9.17, 15) is 9.59 Å². The maximum absolute atomic E-state index is 11.8. The minimum absolute atomic E-state index is 0.0636. The Kier molecular flexibility index (Phi) is 4.56. The summed E-state index contributed by atoms with van der Waals surface area (Å²) in [4.78, 5) is 25.1. The minimum Gasteiger partial charge on any atom is -0.482 e. The summed E-state index contributed by atoms with van der Waals surface area (Å²) in [6.07, 6.45) is -0.579. The first-order valence-corrected chi connectivity index (χ1v) is 6.98. The van der Waals surface area contributed by atoms with Crippen molar-refractivity contribution in [3.63, 3.8) is 0 Å². The van der Waals surface area contributed by atoms with E-state index in [2.05, 4.69) is 5.32 Å². The predicted octanol–water partition coefficient (Wildman–Crippen LogP) is 1.75. The number of β-amino-alcohol motifs (C(OH)–C–C–N with tert-alkyl or cyclic N) is 1. The van der Waals surface area contributed by atoms with Crippen LogP contribution in [0.15, 0.2) is 18.2 Å². The third-order valence-corrected chi connectivity index (χ3v) is 2.87. The van der Waals surface area contributed by atoms with Crippen molar-refractivity contribution in [2.24, 2.45) is 0 Å². The number of benzene rings is 1. The Hall–Kier alpha value is -2.28. The summed E-state index contributed by atoms with van der Waals surface area (Å²) >= 11 is 0. The lowest BCUT2D eigenvalue weighted by Gasteiger charge is -2.29. The van der Waals surface area contributed by atoms with Gasteiger partial charge in [-0.2, -0.15) is 0 Å². The van der Waals surface area contributed by atoms with Crippen LogP contribution in [0.2, 0.25) is 0 Å². The fourth-order valence-corrected chi connectivity index (χ4v) is 2.05. The van der Waals surface area contributed by atoms with Crippen LogP contribution >= 0.6 is 0 Å². The fourth-order valence-electron chi connectivity index (χ4n) is 2.05. The molecule has 0 saturated carbocycles. The third kappa shape index (κ3) is 3.88. The summed E-state index contributed by atoms with van der Waals surface area (Å²) in [7, 11) is 0. The summed E-state index contributed by atoms with van der Waals surface area (Å²) < 4.78 is 10.5. The molecule has 0 saturated heterocycles. The summed E-state index contributed by atoms with van der Waals surface area (Å²) in [5.41, 5.74) is 0.397. The molecule has 0 bridgehead atoms. The second-order valence-corrected chi connectivity index (χ2v) is 5.87. The first-order valence-electron chi connectivity index (χ1n) is 6.98. The van der Waals surface area contributed by atoms with Crippen molar-refractivity contribution in [1.29, 1.82) is 0 Å². The molecule has 1 aromatic rings. The number of amides is 2. The highest BCUT2D eigenvalue weighted by Crippen LogP contribution is 2.34. The number of ether oxygens (including phenoxy) is 2. The SMILES string of the molecule is CC(C)(C)OC(=O)Nc1ccc2c(c1)N(CCO)C(=O)CO2. The van der Waals surface area contributed by atoms with E-state index in [0.29, 0.717) is 17.1 Å². The maximum Gasteiger partial charge on any atom is 0.412 e. The normalized spacial score (nSPS) is 14.2. The van der Waals surface area contributed by atoms with Crippen LogP contribution in [0.4, 0.5) is 16.2 Å². The Morgan fingerprint density at radius 2 is 2.18 bits per heavy atom. The third-order valence-electron chi connectivity index (χ3n) is 2.87. The molecular formula is C15H20N2O5. The number of fused-ring (bicyclic) bond motifs is 1. The highest BCUT2D eigenvalue weighted by molar-refractivity contribution is 5.99. The molecule has 1 aliphatic rings. The number of anilines is 2. The molecule has 120 valence electrons. The summed E-state index contributed by atoms with van der Waals surface area (Å²) in [6, 6.07) is 4.94. The van der Waals surface area contributed by atoms with Crippen molar-refractivity contribution in [3.8, 4) is 5.75 Å². The second-order valence-electron chi connectivity index (χ2n) is 5.87. The van der Waals surface area contributed by atoms with Gasteiger partial charge in [0.25, 0.3) is 5.91 Å². The molecule has 0 unspecified atom stereocenters. The van der Waals surface area contributed by atoms with Crippen LogP contribution in [0.1, 0.15) is 20.8 Å². The Morgan fingerprint density at radius 1 is 1.45 bits per heavy atom. The number of carbonyl (C=O) groups excluding carboxylic acids is 2. The molecule has 22 heavy (non-hydrogen) atoms. The van der Waals surface area contributed by atoms with Gasteiger partial charge >= 0.3 is 6.09 Å². The van der Waals surface area contributed by atoms with Crippen LogP contribution in [-0.4, -0.2) is 42.5 Å². The zero-order valence-corrected chi connectivity index (χ0v) is 12.9. The molecule has 0 atom stereocenters. The lowest BCUT2D eigenvalue weighted by atomic mass is 10.2. The van der Waals surface area contributed by atoms with E-state index < -0.39 is 11.7 Å². The number of nitrogens with one attached hydrogen (secondary N) is 1. The van der Waals surface area contributed by atoms with E-state index in [1.54, 1.807) is 39.0 Å². The zero-order chi connectivity index (χ0) is 16.3. The first-order chi connectivity index (χ1) is 10.3. The van der Waals surface area contributed by atoms with E-state index >= 15 is 0 Å². The maximum atomic E-state index is 11.8. The van der Waals surface area contributed by atoms with Crippen molar-refractivity contribution in [2.45, 2.75) is 26.4 Å². The van der Waals surface area contributed by atoms with E-state index in [0.717, 1.165) is 0 Å². The van der Waals surface area contributed by atoms with Crippen LogP contribution in [0.25, 0.3) is 0 Å². The smallest absolute Gasteiger partial charge is 0.412 e. The molecule has 2 N–H and O–H groups in total. The molecule has 0 fully saturated rings. The van der Waals surface area contributed by atoms with Gasteiger partial charge in [-0.15, -0.1) is 0 Å². The van der Waals surface area contributed by atoms with Gasteiger partial charge in [-0.05, 0) is 39.0 Å². The standard InChI is InChI=1S/C15H20N2O5/c1-15(2,3)22-14(20)16-10-4-5-12-11(8-10)17(6-7-18)13(19)9-21-12/h4-5,8,18H,6-7,9H2,1-3H3,(H,16,20). The number of hydrogen-bond acceptors (Lipinski definition) is 5. The van der Waals surface area contributed by atoms with Crippen molar-refractivity contribution < 1.29 is 24.2 Å². The lowest BCUT2D eigenvalue weighted by Crippen LogP contribution is -2.40. The Morgan fingerprint density at radius 3 is 2.82 bits per heavy atom. The van der Waals surface area contributed by atoms with Crippen LogP contribution in [-0.2, 0) is 9.53 Å². The average Bonchev–Trinajstić information content (AvgIpc) is 2.40. The lowest BCUT2D eigenvalue weighted by molar-refractivity contribution is -0.121. The number of aliphatic hydroxyl groups excluding tert-OH is 1. The number of nitrogens with zero attached hydrogens (tertiary/aromatic N) is 1. The van der Waals surface area contributed by atoms with Crippen LogP contribution in [0.5, 0.6) is 5.75 Å². The van der Waals surface area contributed by atoms with Crippen LogP contribution < -0.4 is 15.0 Å². The molecule has 7 nitrogen and oxygen atoms in total. The summed E-state index contributed by atoms with van der Waals surface area (Å²) in [5.74, 6) is 0.291. The highest BCUT2D eigenvalue weighted by atomic mass is 16.6. The Labute approximate surface area is 128 Å². The topological polar surface area (TPSA) is 88.1 Å². The first kappa shape index (κ1) is 16.1. The molecule has 0 spiro atoms. The van der Waals surface area contributed by atoms with Crippen molar-refractivity contribution in [2.75, 3.05) is 30.0 Å². The largest absolute Gasteiger partial charge is 0.482 e. The van der Waals surface area contributed by atoms with E-state index in [4.69, 9.17) is 14.6 Å². The van der Waals surface area contributed by atoms with Gasteiger partial charge in [0, 0.05) is 12.2 Å². The van der Waals surface area contributed by atoms with Crippen molar-refractivity contribution >= 4 is 23.4 Å². The Balaban J connectivity index is 2.19. The zero-order valence-electron chi connectivity index (χ0n) is 12.9. The second kappa shape index (κ2) is 6.23. The van der Waals surface area contributed by atoms with Gasteiger partial charge in [0.1, 0.15) is 11.4 Å². The van der Waals surface area contributed by atoms with Gasteiger partial charge in [-0.1, -0.05) is 0 Å². The van der Waals surface area contributed by atoms with Crippen molar-refractivity contribution in [1.82, 2.24) is 0 Å². The molecule has 0 aromatic heterocycles. The van der Waals surface area contributed by atoms with E-state index in [1.165, 1.54) is 4.90 Å². The van der Waals surface area contributed by atoms with Gasteiger partial charge in [0.15, 0.2) is 6.61 Å². The van der Waals surface area contributed by atoms with Gasteiger partial charge < -0.3 is 19.5 Å². The molecule has 1 heterocycles. The molecule has 0 aliphatic carbocycles. The fraction of sp³-hybridized carbons (Fsp3) is 0.467. The van der Waals surface area contributed by atoms with Gasteiger partial charge in [-0.25, -0.2) is 4.79 Å². The van der Waals surface area contributed by atoms with Gasteiger partial charge in [-0.3, -0.25) is 10.1 Å². The number of aliphatic hydroxyl groups is 1. The quantitative estimate of drug-likeness (QED) is 0.888. The Bertz CT molecular complexity index is 580. The average molecular weight is 308 g/mol. The van der Waals surface area contributed by atoms with Gasteiger partial charge in [0.2, 0.25) is 0 Å². The summed E-state index contributed by atoms with van der Waals surface area (Å²) in [5, 5.41) is 11.7. The molecule has 0 radical (unpaired) electrons.